The molecule has 2 aromatic carbocycles. The second kappa shape index (κ2) is 6.17. The van der Waals surface area contributed by atoms with Gasteiger partial charge in [0.05, 0.1) is 4.47 Å². The van der Waals surface area contributed by atoms with Crippen molar-refractivity contribution in [1.82, 2.24) is 0 Å². The summed E-state index contributed by atoms with van der Waals surface area (Å²) in [6.07, 6.45) is 0. The van der Waals surface area contributed by atoms with Gasteiger partial charge < -0.3 is 4.74 Å². The highest BCUT2D eigenvalue weighted by molar-refractivity contribution is 9.10. The molecule has 0 aliphatic rings. The Balaban J connectivity index is 2.31. The average molecular weight is 360 g/mol. The minimum absolute atomic E-state index is 0.484. The molecule has 0 bridgehead atoms. The Labute approximate surface area is 131 Å². The molecule has 0 spiro atoms. The third-order valence-electron chi connectivity index (χ3n) is 2.79. The largest absolute Gasteiger partial charge is 0.456 e. The lowest BCUT2D eigenvalue weighted by molar-refractivity contribution is 0.478. The predicted octanol–water partition coefficient (Wildman–Crippen LogP) is 6.25. The van der Waals surface area contributed by atoms with Gasteiger partial charge in [-0.1, -0.05) is 17.7 Å². The summed E-state index contributed by atoms with van der Waals surface area (Å²) in [5, 5.41) is 0.781. The summed E-state index contributed by atoms with van der Waals surface area (Å²) >= 11 is 15.4. The van der Waals surface area contributed by atoms with Crippen LogP contribution < -0.4 is 4.74 Å². The number of ether oxygens (including phenoxy) is 1. The first kappa shape index (κ1) is 14.7. The summed E-state index contributed by atoms with van der Waals surface area (Å²) in [5.41, 5.74) is 3.06. The fourth-order valence-corrected chi connectivity index (χ4v) is 2.58. The summed E-state index contributed by atoms with van der Waals surface area (Å²) in [5.74, 6) is 2.02. The van der Waals surface area contributed by atoms with Crippen LogP contribution in [-0.2, 0) is 5.88 Å². The molecule has 0 N–H and O–H groups in total. The molecule has 0 atom stereocenters. The summed E-state index contributed by atoms with van der Waals surface area (Å²) < 4.78 is 6.76. The Kier molecular flexibility index (Phi) is 4.77. The number of hydrogen-bond acceptors (Lipinski definition) is 1. The first-order valence-electron chi connectivity index (χ1n) is 5.80. The van der Waals surface area contributed by atoms with Gasteiger partial charge in [0.1, 0.15) is 11.5 Å². The zero-order chi connectivity index (χ0) is 14.0. The quantitative estimate of drug-likeness (QED) is 0.588. The standard InChI is InChI=1S/C15H13BrCl2O/c1-9-5-12(6-10(2)15(9)18)19-14-4-3-11(8-17)7-13(14)16/h3-7H,8H2,1-2H3. The zero-order valence-corrected chi connectivity index (χ0v) is 13.7. The van der Waals surface area contributed by atoms with Crippen molar-refractivity contribution in [2.75, 3.05) is 0 Å². The molecule has 0 heterocycles. The van der Waals surface area contributed by atoms with Gasteiger partial charge in [-0.15, -0.1) is 11.6 Å². The van der Waals surface area contributed by atoms with Crippen LogP contribution in [0.4, 0.5) is 0 Å². The van der Waals surface area contributed by atoms with Gasteiger partial charge in [0.2, 0.25) is 0 Å². The van der Waals surface area contributed by atoms with Crippen molar-refractivity contribution in [3.63, 3.8) is 0 Å². The highest BCUT2D eigenvalue weighted by atomic mass is 79.9. The third-order valence-corrected chi connectivity index (χ3v) is 4.31. The van der Waals surface area contributed by atoms with Crippen LogP contribution >= 0.6 is 39.1 Å². The summed E-state index contributed by atoms with van der Waals surface area (Å²) in [6.45, 7) is 3.93. The van der Waals surface area contributed by atoms with Crippen LogP contribution in [-0.4, -0.2) is 0 Å². The Bertz CT molecular complexity index is 588. The Morgan fingerprint density at radius 1 is 1.11 bits per heavy atom. The topological polar surface area (TPSA) is 9.23 Å². The lowest BCUT2D eigenvalue weighted by atomic mass is 10.1. The summed E-state index contributed by atoms with van der Waals surface area (Å²) in [4.78, 5) is 0. The Morgan fingerprint density at radius 2 is 1.74 bits per heavy atom. The number of benzene rings is 2. The molecule has 0 saturated heterocycles. The van der Waals surface area contributed by atoms with Crippen molar-refractivity contribution in [2.45, 2.75) is 19.7 Å². The van der Waals surface area contributed by atoms with Crippen molar-refractivity contribution < 1.29 is 4.74 Å². The second-order valence-electron chi connectivity index (χ2n) is 4.37. The maximum atomic E-state index is 6.14. The molecule has 2 rings (SSSR count). The van der Waals surface area contributed by atoms with Gasteiger partial charge in [-0.2, -0.15) is 0 Å². The molecule has 2 aromatic rings. The molecule has 0 amide bonds. The SMILES string of the molecule is Cc1cc(Oc2ccc(CCl)cc2Br)cc(C)c1Cl. The minimum Gasteiger partial charge on any atom is -0.456 e. The smallest absolute Gasteiger partial charge is 0.141 e. The fraction of sp³-hybridized carbons (Fsp3) is 0.200. The second-order valence-corrected chi connectivity index (χ2v) is 5.87. The van der Waals surface area contributed by atoms with Crippen molar-refractivity contribution in [3.8, 4) is 11.5 Å². The molecule has 0 saturated carbocycles. The minimum atomic E-state index is 0.484. The monoisotopic (exact) mass is 358 g/mol. The van der Waals surface area contributed by atoms with Crippen molar-refractivity contribution in [3.05, 3.63) is 56.5 Å². The maximum Gasteiger partial charge on any atom is 0.141 e. The molecule has 0 radical (unpaired) electrons. The summed E-state index contributed by atoms with van der Waals surface area (Å²) in [7, 11) is 0. The molecule has 4 heteroatoms. The summed E-state index contributed by atoms with van der Waals surface area (Å²) in [6, 6.07) is 9.66. The van der Waals surface area contributed by atoms with E-state index in [1.807, 2.05) is 44.2 Å². The van der Waals surface area contributed by atoms with Crippen LogP contribution in [0.2, 0.25) is 5.02 Å². The van der Waals surface area contributed by atoms with Crippen LogP contribution in [0.15, 0.2) is 34.8 Å². The van der Waals surface area contributed by atoms with Gasteiger partial charge in [0.15, 0.2) is 0 Å². The zero-order valence-electron chi connectivity index (χ0n) is 10.6. The van der Waals surface area contributed by atoms with Gasteiger partial charge in [-0.3, -0.25) is 0 Å². The number of halogens is 3. The Morgan fingerprint density at radius 3 is 2.26 bits per heavy atom. The molecule has 0 aromatic heterocycles. The maximum absolute atomic E-state index is 6.14. The van der Waals surface area contributed by atoms with E-state index >= 15 is 0 Å². The molecule has 0 unspecified atom stereocenters. The van der Waals surface area contributed by atoms with Crippen LogP contribution in [0.25, 0.3) is 0 Å². The predicted molar refractivity (Wildman–Crippen MR) is 84.7 cm³/mol. The first-order chi connectivity index (χ1) is 9.01. The van der Waals surface area contributed by atoms with Crippen LogP contribution in [0.3, 0.4) is 0 Å². The van der Waals surface area contributed by atoms with E-state index in [0.29, 0.717) is 5.88 Å². The van der Waals surface area contributed by atoms with Crippen molar-refractivity contribution in [1.29, 1.82) is 0 Å². The van der Waals surface area contributed by atoms with E-state index in [1.54, 1.807) is 0 Å². The molecule has 0 aliphatic heterocycles. The first-order valence-corrected chi connectivity index (χ1v) is 7.51. The van der Waals surface area contributed by atoms with Gasteiger partial charge in [0, 0.05) is 10.9 Å². The van der Waals surface area contributed by atoms with E-state index in [1.165, 1.54) is 0 Å². The van der Waals surface area contributed by atoms with Gasteiger partial charge in [-0.25, -0.2) is 0 Å². The molecule has 1 nitrogen and oxygen atoms in total. The van der Waals surface area contributed by atoms with E-state index in [9.17, 15) is 0 Å². The van der Waals surface area contributed by atoms with E-state index in [4.69, 9.17) is 27.9 Å². The van der Waals surface area contributed by atoms with E-state index in [-0.39, 0.29) is 0 Å². The molecule has 100 valence electrons. The molecule has 19 heavy (non-hydrogen) atoms. The van der Waals surface area contributed by atoms with Crippen LogP contribution in [0.5, 0.6) is 11.5 Å². The molecular formula is C15H13BrCl2O. The molecular weight excluding hydrogens is 347 g/mol. The lowest BCUT2D eigenvalue weighted by Gasteiger charge is -2.11. The van der Waals surface area contributed by atoms with Crippen LogP contribution in [0, 0.1) is 13.8 Å². The van der Waals surface area contributed by atoms with E-state index in [0.717, 1.165) is 37.7 Å². The van der Waals surface area contributed by atoms with Gasteiger partial charge >= 0.3 is 0 Å². The highest BCUT2D eigenvalue weighted by Gasteiger charge is 2.07. The third kappa shape index (κ3) is 3.44. The molecule has 0 fully saturated rings. The van der Waals surface area contributed by atoms with E-state index in [2.05, 4.69) is 15.9 Å². The van der Waals surface area contributed by atoms with Crippen LogP contribution in [0.1, 0.15) is 16.7 Å². The highest BCUT2D eigenvalue weighted by Crippen LogP contribution is 2.33. The number of hydrogen-bond donors (Lipinski definition) is 0. The number of rotatable bonds is 3. The van der Waals surface area contributed by atoms with Gasteiger partial charge in [-0.05, 0) is 70.7 Å². The molecule has 0 aliphatic carbocycles. The van der Waals surface area contributed by atoms with Crippen molar-refractivity contribution in [2.24, 2.45) is 0 Å². The number of aryl methyl sites for hydroxylation is 2. The number of alkyl halides is 1. The fourth-order valence-electron chi connectivity index (χ4n) is 1.80. The van der Waals surface area contributed by atoms with Crippen molar-refractivity contribution >= 4 is 39.1 Å². The lowest BCUT2D eigenvalue weighted by Crippen LogP contribution is -1.90. The normalized spacial score (nSPS) is 10.6. The van der Waals surface area contributed by atoms with E-state index < -0.39 is 0 Å². The Hall–Kier alpha value is -0.700. The average Bonchev–Trinajstić information content (AvgIpc) is 2.38. The van der Waals surface area contributed by atoms with Gasteiger partial charge in [0.25, 0.3) is 0 Å².